The molecule has 1 saturated heterocycles. The van der Waals surface area contributed by atoms with Gasteiger partial charge in [0.2, 0.25) is 0 Å². The normalized spacial score (nSPS) is 24.9. The van der Waals surface area contributed by atoms with Crippen molar-refractivity contribution < 1.29 is 0 Å². The number of rotatable bonds is 5. The molecule has 1 rings (SSSR count). The van der Waals surface area contributed by atoms with Gasteiger partial charge in [-0.05, 0) is 52.4 Å². The Morgan fingerprint density at radius 2 is 2.14 bits per heavy atom. The first-order valence-electron chi connectivity index (χ1n) is 6.29. The van der Waals surface area contributed by atoms with Crippen molar-refractivity contribution in [1.29, 1.82) is 0 Å². The number of hydrogen-bond acceptors (Lipinski definition) is 2. The first-order valence-corrected chi connectivity index (χ1v) is 6.29. The van der Waals surface area contributed by atoms with E-state index < -0.39 is 0 Å². The predicted molar refractivity (Wildman–Crippen MR) is 62.7 cm³/mol. The van der Waals surface area contributed by atoms with Crippen LogP contribution in [0.2, 0.25) is 0 Å². The Morgan fingerprint density at radius 3 is 2.93 bits per heavy atom. The summed E-state index contributed by atoms with van der Waals surface area (Å²) in [6.45, 7) is 9.46. The van der Waals surface area contributed by atoms with Gasteiger partial charge in [-0.25, -0.2) is 0 Å². The van der Waals surface area contributed by atoms with Crippen LogP contribution >= 0.6 is 0 Å². The molecule has 2 heteroatoms. The molecule has 1 N–H and O–H groups in total. The van der Waals surface area contributed by atoms with Crippen LogP contribution in [0.1, 0.15) is 46.0 Å². The molecule has 1 unspecified atom stereocenters. The molecule has 0 aliphatic carbocycles. The fourth-order valence-electron chi connectivity index (χ4n) is 2.25. The van der Waals surface area contributed by atoms with Gasteiger partial charge < -0.3 is 10.2 Å². The zero-order valence-corrected chi connectivity index (χ0v) is 9.89. The van der Waals surface area contributed by atoms with E-state index in [-0.39, 0.29) is 0 Å². The second-order valence-corrected chi connectivity index (χ2v) is 4.44. The SMILES string of the molecule is CCNCCCN1CCCCCC1C. The van der Waals surface area contributed by atoms with Crippen LogP contribution < -0.4 is 5.32 Å². The summed E-state index contributed by atoms with van der Waals surface area (Å²) in [5.74, 6) is 0. The van der Waals surface area contributed by atoms with Crippen LogP contribution in [0.4, 0.5) is 0 Å². The van der Waals surface area contributed by atoms with Gasteiger partial charge in [0.1, 0.15) is 0 Å². The van der Waals surface area contributed by atoms with Gasteiger partial charge in [0, 0.05) is 6.04 Å². The Hall–Kier alpha value is -0.0800. The first-order chi connectivity index (χ1) is 6.84. The van der Waals surface area contributed by atoms with Gasteiger partial charge in [-0.15, -0.1) is 0 Å². The van der Waals surface area contributed by atoms with E-state index in [9.17, 15) is 0 Å². The maximum atomic E-state index is 3.39. The Bertz CT molecular complexity index is 136. The standard InChI is InChI=1S/C12H26N2/c1-3-13-9-7-11-14-10-6-4-5-8-12(14)2/h12-13H,3-11H2,1-2H3. The van der Waals surface area contributed by atoms with E-state index in [4.69, 9.17) is 0 Å². The largest absolute Gasteiger partial charge is 0.317 e. The molecule has 0 spiro atoms. The van der Waals surface area contributed by atoms with E-state index in [1.165, 1.54) is 51.7 Å². The lowest BCUT2D eigenvalue weighted by Gasteiger charge is -2.26. The minimum atomic E-state index is 0.819. The summed E-state index contributed by atoms with van der Waals surface area (Å²) < 4.78 is 0. The molecular weight excluding hydrogens is 172 g/mol. The van der Waals surface area contributed by atoms with Gasteiger partial charge in [-0.1, -0.05) is 19.8 Å². The van der Waals surface area contributed by atoms with Gasteiger partial charge in [0.05, 0.1) is 0 Å². The van der Waals surface area contributed by atoms with Gasteiger partial charge >= 0.3 is 0 Å². The number of hydrogen-bond donors (Lipinski definition) is 1. The van der Waals surface area contributed by atoms with Crippen molar-refractivity contribution in [2.24, 2.45) is 0 Å². The van der Waals surface area contributed by atoms with Crippen molar-refractivity contribution in [3.05, 3.63) is 0 Å². The monoisotopic (exact) mass is 198 g/mol. The predicted octanol–water partition coefficient (Wildman–Crippen LogP) is 2.25. The molecule has 14 heavy (non-hydrogen) atoms. The van der Waals surface area contributed by atoms with E-state index >= 15 is 0 Å². The highest BCUT2D eigenvalue weighted by Gasteiger charge is 2.15. The molecule has 1 aliphatic rings. The van der Waals surface area contributed by atoms with Crippen LogP contribution in [0.3, 0.4) is 0 Å². The van der Waals surface area contributed by atoms with Gasteiger partial charge in [-0.3, -0.25) is 0 Å². The van der Waals surface area contributed by atoms with Crippen molar-refractivity contribution >= 4 is 0 Å². The summed E-state index contributed by atoms with van der Waals surface area (Å²) in [6.07, 6.45) is 6.99. The third-order valence-corrected chi connectivity index (χ3v) is 3.24. The zero-order valence-electron chi connectivity index (χ0n) is 9.89. The third-order valence-electron chi connectivity index (χ3n) is 3.24. The summed E-state index contributed by atoms with van der Waals surface area (Å²) in [7, 11) is 0. The summed E-state index contributed by atoms with van der Waals surface area (Å²) in [5, 5.41) is 3.39. The molecule has 0 saturated carbocycles. The molecule has 0 radical (unpaired) electrons. The summed E-state index contributed by atoms with van der Waals surface area (Å²) in [5.41, 5.74) is 0. The van der Waals surface area contributed by atoms with Crippen LogP contribution in [-0.2, 0) is 0 Å². The van der Waals surface area contributed by atoms with Crippen molar-refractivity contribution in [2.75, 3.05) is 26.2 Å². The Kier molecular flexibility index (Phi) is 6.20. The zero-order chi connectivity index (χ0) is 10.2. The lowest BCUT2D eigenvalue weighted by Crippen LogP contribution is -2.34. The summed E-state index contributed by atoms with van der Waals surface area (Å²) >= 11 is 0. The minimum Gasteiger partial charge on any atom is -0.317 e. The van der Waals surface area contributed by atoms with E-state index in [0.717, 1.165) is 12.6 Å². The topological polar surface area (TPSA) is 15.3 Å². The van der Waals surface area contributed by atoms with Crippen molar-refractivity contribution in [2.45, 2.75) is 52.0 Å². The summed E-state index contributed by atoms with van der Waals surface area (Å²) in [4.78, 5) is 2.67. The summed E-state index contributed by atoms with van der Waals surface area (Å²) in [6, 6.07) is 0.819. The maximum Gasteiger partial charge on any atom is 0.00669 e. The molecule has 1 fully saturated rings. The molecule has 1 aliphatic heterocycles. The average molecular weight is 198 g/mol. The lowest BCUT2D eigenvalue weighted by molar-refractivity contribution is 0.211. The van der Waals surface area contributed by atoms with E-state index in [1.807, 2.05) is 0 Å². The second-order valence-electron chi connectivity index (χ2n) is 4.44. The molecular formula is C12H26N2. The molecule has 84 valence electrons. The first kappa shape index (κ1) is 12.0. The molecule has 2 nitrogen and oxygen atoms in total. The number of nitrogens with zero attached hydrogens (tertiary/aromatic N) is 1. The highest BCUT2D eigenvalue weighted by atomic mass is 15.1. The fraction of sp³-hybridized carbons (Fsp3) is 1.00. The molecule has 0 aromatic carbocycles. The smallest absolute Gasteiger partial charge is 0.00669 e. The minimum absolute atomic E-state index is 0.819. The van der Waals surface area contributed by atoms with Gasteiger partial charge in [0.25, 0.3) is 0 Å². The van der Waals surface area contributed by atoms with Crippen molar-refractivity contribution in [3.8, 4) is 0 Å². The van der Waals surface area contributed by atoms with Crippen LogP contribution in [0, 0.1) is 0 Å². The van der Waals surface area contributed by atoms with Crippen molar-refractivity contribution in [1.82, 2.24) is 10.2 Å². The van der Waals surface area contributed by atoms with Crippen LogP contribution in [0.25, 0.3) is 0 Å². The molecule has 0 amide bonds. The van der Waals surface area contributed by atoms with E-state index in [1.54, 1.807) is 0 Å². The Labute approximate surface area is 89.1 Å². The molecule has 0 aromatic rings. The molecule has 0 bridgehead atoms. The highest BCUT2D eigenvalue weighted by molar-refractivity contribution is 4.71. The highest BCUT2D eigenvalue weighted by Crippen LogP contribution is 2.15. The van der Waals surface area contributed by atoms with Crippen LogP contribution in [0.15, 0.2) is 0 Å². The van der Waals surface area contributed by atoms with Gasteiger partial charge in [-0.2, -0.15) is 0 Å². The fourth-order valence-corrected chi connectivity index (χ4v) is 2.25. The second kappa shape index (κ2) is 7.24. The molecule has 1 heterocycles. The quantitative estimate of drug-likeness (QED) is 0.682. The van der Waals surface area contributed by atoms with Crippen molar-refractivity contribution in [3.63, 3.8) is 0 Å². The van der Waals surface area contributed by atoms with Gasteiger partial charge in [0.15, 0.2) is 0 Å². The molecule has 0 aromatic heterocycles. The van der Waals surface area contributed by atoms with E-state index in [0.29, 0.717) is 0 Å². The Morgan fingerprint density at radius 1 is 1.29 bits per heavy atom. The Balaban J connectivity index is 2.13. The number of likely N-dealkylation sites (tertiary alicyclic amines) is 1. The molecule has 1 atom stereocenters. The average Bonchev–Trinajstić information content (AvgIpc) is 2.39. The van der Waals surface area contributed by atoms with E-state index in [2.05, 4.69) is 24.1 Å². The third kappa shape index (κ3) is 4.43. The number of nitrogens with one attached hydrogen (secondary N) is 1. The van der Waals surface area contributed by atoms with Crippen LogP contribution in [-0.4, -0.2) is 37.1 Å². The van der Waals surface area contributed by atoms with Crippen LogP contribution in [0.5, 0.6) is 0 Å². The lowest BCUT2D eigenvalue weighted by atomic mass is 10.1. The maximum absolute atomic E-state index is 3.39.